The molecule has 1 amide bonds. The van der Waals surface area contributed by atoms with Crippen molar-refractivity contribution >= 4 is 43.9 Å². The number of thiophene rings is 1. The summed E-state index contributed by atoms with van der Waals surface area (Å²) in [6.07, 6.45) is 3.66. The van der Waals surface area contributed by atoms with E-state index in [1.54, 1.807) is 12.1 Å². The topological polar surface area (TPSA) is 92.8 Å². The maximum Gasteiger partial charge on any atom is 0.341 e. The molecule has 1 aromatic heterocycles. The molecule has 1 N–H and O–H groups in total. The summed E-state index contributed by atoms with van der Waals surface area (Å²) >= 11 is 1.36. The molecular formula is C21H26N2O5S2. The van der Waals surface area contributed by atoms with Crippen LogP contribution in [0, 0.1) is 13.8 Å². The van der Waals surface area contributed by atoms with Gasteiger partial charge in [0.05, 0.1) is 24.6 Å². The molecule has 9 heteroatoms. The van der Waals surface area contributed by atoms with Crippen molar-refractivity contribution in [1.29, 1.82) is 0 Å². The number of sulfonamides is 1. The number of nitrogens with zero attached hydrogens (tertiary/aromatic N) is 1. The lowest BCUT2D eigenvalue weighted by atomic mass is 10.1. The molecule has 0 spiro atoms. The van der Waals surface area contributed by atoms with Gasteiger partial charge in [-0.1, -0.05) is 6.07 Å². The molecule has 1 aromatic carbocycles. The molecule has 0 unspecified atom stereocenters. The standard InChI is InChI=1S/C21H26N2O5S2/c1-12-9-13(2)11-15(10-12)23(30(5,26)27)14(3)19(24)22-20-18(21(25)28-4)16-7-6-8-17(16)29-20/h9-11,14H,6-8H2,1-5H3,(H,22,24)/t14-/m0/s1. The van der Waals surface area contributed by atoms with Gasteiger partial charge in [-0.25, -0.2) is 13.2 Å². The number of aryl methyl sites for hydroxylation is 3. The number of carbonyl (C=O) groups excluding carboxylic acids is 2. The van der Waals surface area contributed by atoms with Crippen LogP contribution in [0.3, 0.4) is 0 Å². The molecule has 3 rings (SSSR count). The van der Waals surface area contributed by atoms with Crippen molar-refractivity contribution in [1.82, 2.24) is 0 Å². The Morgan fingerprint density at radius 1 is 1.17 bits per heavy atom. The summed E-state index contributed by atoms with van der Waals surface area (Å²) < 4.78 is 31.1. The van der Waals surface area contributed by atoms with Gasteiger partial charge in [0.1, 0.15) is 11.0 Å². The van der Waals surface area contributed by atoms with Crippen molar-refractivity contribution in [2.45, 2.75) is 46.1 Å². The maximum absolute atomic E-state index is 13.1. The maximum atomic E-state index is 13.1. The quantitative estimate of drug-likeness (QED) is 0.681. The molecule has 162 valence electrons. The van der Waals surface area contributed by atoms with Gasteiger partial charge in [0.15, 0.2) is 0 Å². The number of esters is 1. The lowest BCUT2D eigenvalue weighted by Crippen LogP contribution is -2.45. The predicted octanol–water partition coefficient (Wildman–Crippen LogP) is 3.43. The summed E-state index contributed by atoms with van der Waals surface area (Å²) in [5.41, 5.74) is 3.53. The Balaban J connectivity index is 1.95. The number of rotatable bonds is 6. The molecule has 1 aliphatic rings. The van der Waals surface area contributed by atoms with Crippen LogP contribution in [-0.2, 0) is 32.4 Å². The first kappa shape index (κ1) is 22.3. The van der Waals surface area contributed by atoms with Crippen LogP contribution in [0.1, 0.15) is 45.3 Å². The molecule has 0 aliphatic heterocycles. The van der Waals surface area contributed by atoms with E-state index < -0.39 is 27.9 Å². The van der Waals surface area contributed by atoms with Gasteiger partial charge in [0.25, 0.3) is 0 Å². The van der Waals surface area contributed by atoms with Crippen LogP contribution in [0.5, 0.6) is 0 Å². The highest BCUT2D eigenvalue weighted by molar-refractivity contribution is 7.92. The first-order valence-corrected chi connectivity index (χ1v) is 12.3. The van der Waals surface area contributed by atoms with Crippen LogP contribution in [0.2, 0.25) is 0 Å². The van der Waals surface area contributed by atoms with Crippen molar-refractivity contribution in [2.75, 3.05) is 23.0 Å². The molecular weight excluding hydrogens is 424 g/mol. The average molecular weight is 451 g/mol. The minimum atomic E-state index is -3.73. The van der Waals surface area contributed by atoms with Gasteiger partial charge in [-0.05, 0) is 68.9 Å². The highest BCUT2D eigenvalue weighted by atomic mass is 32.2. The van der Waals surface area contributed by atoms with Crippen LogP contribution < -0.4 is 9.62 Å². The average Bonchev–Trinajstić information content (AvgIpc) is 3.19. The molecule has 0 saturated heterocycles. The van der Waals surface area contributed by atoms with Crippen molar-refractivity contribution in [3.05, 3.63) is 45.3 Å². The number of ether oxygens (including phenoxy) is 1. The zero-order chi connectivity index (χ0) is 22.2. The summed E-state index contributed by atoms with van der Waals surface area (Å²) in [4.78, 5) is 26.5. The fraction of sp³-hybridized carbons (Fsp3) is 0.429. The van der Waals surface area contributed by atoms with Gasteiger partial charge in [0.2, 0.25) is 15.9 Å². The van der Waals surface area contributed by atoms with Crippen LogP contribution >= 0.6 is 11.3 Å². The molecule has 30 heavy (non-hydrogen) atoms. The SMILES string of the molecule is COC(=O)c1c(NC(=O)[C@H](C)N(c2cc(C)cc(C)c2)S(C)(=O)=O)sc2c1CCC2. The van der Waals surface area contributed by atoms with Gasteiger partial charge in [0, 0.05) is 4.88 Å². The molecule has 0 radical (unpaired) electrons. The third-order valence-electron chi connectivity index (χ3n) is 5.10. The summed E-state index contributed by atoms with van der Waals surface area (Å²) in [5, 5.41) is 3.19. The third kappa shape index (κ3) is 4.37. The second kappa shape index (κ2) is 8.39. The number of nitrogens with one attached hydrogen (secondary N) is 1. The number of carbonyl (C=O) groups is 2. The molecule has 7 nitrogen and oxygen atoms in total. The fourth-order valence-electron chi connectivity index (χ4n) is 3.91. The third-order valence-corrected chi connectivity index (χ3v) is 7.55. The van der Waals surface area contributed by atoms with E-state index in [1.165, 1.54) is 25.4 Å². The highest BCUT2D eigenvalue weighted by Gasteiger charge is 2.32. The number of anilines is 2. The molecule has 2 aromatic rings. The van der Waals surface area contributed by atoms with Crippen molar-refractivity contribution in [2.24, 2.45) is 0 Å². The molecule has 1 heterocycles. The normalized spacial score (nSPS) is 14.2. The summed E-state index contributed by atoms with van der Waals surface area (Å²) in [6.45, 7) is 5.28. The van der Waals surface area contributed by atoms with Crippen molar-refractivity contribution in [3.63, 3.8) is 0 Å². The highest BCUT2D eigenvalue weighted by Crippen LogP contribution is 2.39. The Morgan fingerprint density at radius 3 is 2.37 bits per heavy atom. The number of benzene rings is 1. The lowest BCUT2D eigenvalue weighted by molar-refractivity contribution is -0.116. The van der Waals surface area contributed by atoms with E-state index in [0.29, 0.717) is 16.3 Å². The van der Waals surface area contributed by atoms with E-state index in [2.05, 4.69) is 5.32 Å². The van der Waals surface area contributed by atoms with Crippen LogP contribution in [-0.4, -0.2) is 39.7 Å². The molecule has 0 fully saturated rings. The Hall–Kier alpha value is -2.39. The van der Waals surface area contributed by atoms with E-state index in [-0.39, 0.29) is 0 Å². The van der Waals surface area contributed by atoms with E-state index in [9.17, 15) is 18.0 Å². The first-order chi connectivity index (χ1) is 14.0. The van der Waals surface area contributed by atoms with Gasteiger partial charge in [-0.2, -0.15) is 0 Å². The predicted molar refractivity (Wildman–Crippen MR) is 119 cm³/mol. The van der Waals surface area contributed by atoms with E-state index in [0.717, 1.165) is 51.4 Å². The number of amides is 1. The summed E-state index contributed by atoms with van der Waals surface area (Å²) in [6, 6.07) is 4.39. The first-order valence-electron chi connectivity index (χ1n) is 9.64. The van der Waals surface area contributed by atoms with Crippen molar-refractivity contribution < 1.29 is 22.7 Å². The van der Waals surface area contributed by atoms with E-state index in [1.807, 2.05) is 19.9 Å². The number of fused-ring (bicyclic) bond motifs is 1. The van der Waals surface area contributed by atoms with Gasteiger partial charge in [-0.3, -0.25) is 9.10 Å². The summed E-state index contributed by atoms with van der Waals surface area (Å²) in [7, 11) is -2.42. The van der Waals surface area contributed by atoms with Crippen LogP contribution in [0.4, 0.5) is 10.7 Å². The Kier molecular flexibility index (Phi) is 6.24. The zero-order valence-electron chi connectivity index (χ0n) is 17.7. The fourth-order valence-corrected chi connectivity index (χ4v) is 6.35. The molecule has 1 atom stereocenters. The van der Waals surface area contributed by atoms with Gasteiger partial charge < -0.3 is 10.1 Å². The molecule has 0 bridgehead atoms. The monoisotopic (exact) mass is 450 g/mol. The van der Waals surface area contributed by atoms with Crippen LogP contribution in [0.15, 0.2) is 18.2 Å². The Labute approximate surface area is 181 Å². The van der Waals surface area contributed by atoms with Gasteiger partial charge >= 0.3 is 5.97 Å². The van der Waals surface area contributed by atoms with E-state index in [4.69, 9.17) is 4.74 Å². The Morgan fingerprint density at radius 2 is 1.80 bits per heavy atom. The Bertz CT molecular complexity index is 1080. The molecule has 0 saturated carbocycles. The smallest absolute Gasteiger partial charge is 0.341 e. The zero-order valence-corrected chi connectivity index (χ0v) is 19.4. The van der Waals surface area contributed by atoms with Crippen molar-refractivity contribution in [3.8, 4) is 0 Å². The van der Waals surface area contributed by atoms with Crippen LogP contribution in [0.25, 0.3) is 0 Å². The number of methoxy groups -OCH3 is 1. The minimum Gasteiger partial charge on any atom is -0.465 e. The number of hydrogen-bond donors (Lipinski definition) is 1. The van der Waals surface area contributed by atoms with E-state index >= 15 is 0 Å². The lowest BCUT2D eigenvalue weighted by Gasteiger charge is -2.28. The molecule has 1 aliphatic carbocycles. The minimum absolute atomic E-state index is 0.382. The second-order valence-electron chi connectivity index (χ2n) is 7.62. The number of hydrogen-bond acceptors (Lipinski definition) is 6. The second-order valence-corrected chi connectivity index (χ2v) is 10.6. The summed E-state index contributed by atoms with van der Waals surface area (Å²) in [5.74, 6) is -1.00. The largest absolute Gasteiger partial charge is 0.465 e. The van der Waals surface area contributed by atoms with Gasteiger partial charge in [-0.15, -0.1) is 11.3 Å².